The van der Waals surface area contributed by atoms with Crippen molar-refractivity contribution in [1.29, 1.82) is 0 Å². The highest BCUT2D eigenvalue weighted by molar-refractivity contribution is 5.78. The summed E-state index contributed by atoms with van der Waals surface area (Å²) in [6, 6.07) is 6.69. The van der Waals surface area contributed by atoms with Crippen molar-refractivity contribution in [2.45, 2.75) is 38.0 Å². The minimum atomic E-state index is -0.220. The van der Waals surface area contributed by atoms with Crippen LogP contribution in [0.15, 0.2) is 24.3 Å². The van der Waals surface area contributed by atoms with E-state index in [1.165, 1.54) is 12.1 Å². The topological polar surface area (TPSA) is 55.1 Å². The average molecular weight is 278 g/mol. The monoisotopic (exact) mass is 278 g/mol. The second kappa shape index (κ2) is 6.35. The van der Waals surface area contributed by atoms with Crippen LogP contribution in [0, 0.1) is 11.7 Å². The first-order chi connectivity index (χ1) is 9.57. The highest BCUT2D eigenvalue weighted by Crippen LogP contribution is 2.40. The van der Waals surface area contributed by atoms with Crippen LogP contribution in [-0.4, -0.2) is 19.0 Å². The standard InChI is InChI=1S/C16H23FN2O/c1-12(10-18)15(20)19-11-16(8-2-3-9-16)13-4-6-14(17)7-5-13/h4-7,12H,2-3,8-11,18H2,1H3,(H,19,20). The van der Waals surface area contributed by atoms with Gasteiger partial charge in [0.05, 0.1) is 0 Å². The predicted octanol–water partition coefficient (Wildman–Crippen LogP) is 2.35. The van der Waals surface area contributed by atoms with Gasteiger partial charge in [0, 0.05) is 24.4 Å². The van der Waals surface area contributed by atoms with Crippen LogP contribution in [0.5, 0.6) is 0 Å². The van der Waals surface area contributed by atoms with Gasteiger partial charge in [-0.2, -0.15) is 0 Å². The molecule has 0 spiro atoms. The Morgan fingerprint density at radius 3 is 2.50 bits per heavy atom. The molecular weight excluding hydrogens is 255 g/mol. The van der Waals surface area contributed by atoms with Crippen molar-refractivity contribution in [3.05, 3.63) is 35.6 Å². The molecule has 1 atom stereocenters. The molecule has 20 heavy (non-hydrogen) atoms. The number of benzene rings is 1. The van der Waals surface area contributed by atoms with Crippen molar-refractivity contribution < 1.29 is 9.18 Å². The zero-order chi connectivity index (χ0) is 14.6. The van der Waals surface area contributed by atoms with Gasteiger partial charge in [-0.05, 0) is 30.5 Å². The van der Waals surface area contributed by atoms with Crippen LogP contribution in [0.2, 0.25) is 0 Å². The lowest BCUT2D eigenvalue weighted by atomic mass is 9.78. The molecule has 0 radical (unpaired) electrons. The second-order valence-corrected chi connectivity index (χ2v) is 5.85. The summed E-state index contributed by atoms with van der Waals surface area (Å²) >= 11 is 0. The molecule has 0 bridgehead atoms. The van der Waals surface area contributed by atoms with E-state index in [-0.39, 0.29) is 23.1 Å². The second-order valence-electron chi connectivity index (χ2n) is 5.85. The fourth-order valence-electron chi connectivity index (χ4n) is 2.96. The normalized spacial score (nSPS) is 18.8. The van der Waals surface area contributed by atoms with Crippen LogP contribution in [0.3, 0.4) is 0 Å². The van der Waals surface area contributed by atoms with E-state index in [0.717, 1.165) is 31.2 Å². The fourth-order valence-corrected chi connectivity index (χ4v) is 2.96. The maximum atomic E-state index is 13.1. The van der Waals surface area contributed by atoms with E-state index in [1.807, 2.05) is 19.1 Å². The van der Waals surface area contributed by atoms with Crippen LogP contribution in [0.25, 0.3) is 0 Å². The smallest absolute Gasteiger partial charge is 0.224 e. The minimum Gasteiger partial charge on any atom is -0.355 e. The van der Waals surface area contributed by atoms with Crippen molar-refractivity contribution in [3.8, 4) is 0 Å². The molecule has 1 aromatic carbocycles. The Bertz CT molecular complexity index is 452. The Hall–Kier alpha value is -1.42. The van der Waals surface area contributed by atoms with Gasteiger partial charge in [-0.3, -0.25) is 4.79 Å². The molecule has 3 nitrogen and oxygen atoms in total. The van der Waals surface area contributed by atoms with Crippen LogP contribution in [0.1, 0.15) is 38.2 Å². The number of hydrogen-bond donors (Lipinski definition) is 2. The molecule has 0 saturated heterocycles. The van der Waals surface area contributed by atoms with Crippen LogP contribution in [-0.2, 0) is 10.2 Å². The number of carbonyl (C=O) groups excluding carboxylic acids is 1. The lowest BCUT2D eigenvalue weighted by Gasteiger charge is -2.30. The van der Waals surface area contributed by atoms with Gasteiger partial charge in [0.1, 0.15) is 5.82 Å². The van der Waals surface area contributed by atoms with Gasteiger partial charge in [-0.25, -0.2) is 4.39 Å². The number of hydrogen-bond acceptors (Lipinski definition) is 2. The largest absolute Gasteiger partial charge is 0.355 e. The molecule has 110 valence electrons. The van der Waals surface area contributed by atoms with Gasteiger partial charge in [0.15, 0.2) is 0 Å². The Morgan fingerprint density at radius 2 is 1.95 bits per heavy atom. The number of amides is 1. The van der Waals surface area contributed by atoms with Crippen molar-refractivity contribution in [2.24, 2.45) is 11.7 Å². The third-order valence-corrected chi connectivity index (χ3v) is 4.42. The van der Waals surface area contributed by atoms with Gasteiger partial charge in [0.2, 0.25) is 5.91 Å². The fraction of sp³-hybridized carbons (Fsp3) is 0.562. The first-order valence-corrected chi connectivity index (χ1v) is 7.31. The van der Waals surface area contributed by atoms with E-state index in [4.69, 9.17) is 5.73 Å². The predicted molar refractivity (Wildman–Crippen MR) is 77.8 cm³/mol. The van der Waals surface area contributed by atoms with E-state index in [0.29, 0.717) is 13.1 Å². The van der Waals surface area contributed by atoms with Crippen molar-refractivity contribution in [1.82, 2.24) is 5.32 Å². The number of nitrogens with one attached hydrogen (secondary N) is 1. The van der Waals surface area contributed by atoms with E-state index in [2.05, 4.69) is 5.32 Å². The molecule has 0 heterocycles. The van der Waals surface area contributed by atoms with Gasteiger partial charge < -0.3 is 11.1 Å². The summed E-state index contributed by atoms with van der Waals surface area (Å²) in [4.78, 5) is 11.9. The Labute approximate surface area is 119 Å². The number of halogens is 1. The summed E-state index contributed by atoms with van der Waals surface area (Å²) in [5, 5.41) is 3.02. The van der Waals surface area contributed by atoms with Gasteiger partial charge in [0.25, 0.3) is 0 Å². The number of rotatable bonds is 5. The van der Waals surface area contributed by atoms with E-state index in [1.54, 1.807) is 0 Å². The highest BCUT2D eigenvalue weighted by Gasteiger charge is 2.36. The highest BCUT2D eigenvalue weighted by atomic mass is 19.1. The van der Waals surface area contributed by atoms with Crippen LogP contribution < -0.4 is 11.1 Å². The van der Waals surface area contributed by atoms with Crippen molar-refractivity contribution >= 4 is 5.91 Å². The first-order valence-electron chi connectivity index (χ1n) is 7.31. The molecule has 1 aromatic rings. The third kappa shape index (κ3) is 3.18. The van der Waals surface area contributed by atoms with Gasteiger partial charge in [-0.1, -0.05) is 31.9 Å². The lowest BCUT2D eigenvalue weighted by Crippen LogP contribution is -2.42. The number of nitrogens with two attached hydrogens (primary N) is 1. The Morgan fingerprint density at radius 1 is 1.35 bits per heavy atom. The van der Waals surface area contributed by atoms with Crippen molar-refractivity contribution in [2.75, 3.05) is 13.1 Å². The Balaban J connectivity index is 2.10. The molecule has 1 fully saturated rings. The Kier molecular flexibility index (Phi) is 4.76. The molecule has 1 saturated carbocycles. The van der Waals surface area contributed by atoms with Gasteiger partial charge >= 0.3 is 0 Å². The molecule has 4 heteroatoms. The molecule has 0 aliphatic heterocycles. The first kappa shape index (κ1) is 15.0. The van der Waals surface area contributed by atoms with Crippen molar-refractivity contribution in [3.63, 3.8) is 0 Å². The third-order valence-electron chi connectivity index (χ3n) is 4.42. The van der Waals surface area contributed by atoms with E-state index < -0.39 is 0 Å². The molecule has 1 aliphatic rings. The molecular formula is C16H23FN2O. The van der Waals surface area contributed by atoms with E-state index >= 15 is 0 Å². The SMILES string of the molecule is CC(CN)C(=O)NCC1(c2ccc(F)cc2)CCCC1. The molecule has 2 rings (SSSR count). The maximum Gasteiger partial charge on any atom is 0.224 e. The summed E-state index contributed by atoms with van der Waals surface area (Å²) < 4.78 is 13.1. The zero-order valence-corrected chi connectivity index (χ0v) is 12.0. The lowest BCUT2D eigenvalue weighted by molar-refractivity contribution is -0.124. The molecule has 1 unspecified atom stereocenters. The maximum absolute atomic E-state index is 13.1. The summed E-state index contributed by atoms with van der Waals surface area (Å²) in [6.07, 6.45) is 4.38. The summed E-state index contributed by atoms with van der Waals surface area (Å²) in [5.74, 6) is -0.384. The molecule has 3 N–H and O–H groups in total. The van der Waals surface area contributed by atoms with Gasteiger partial charge in [-0.15, -0.1) is 0 Å². The molecule has 1 aliphatic carbocycles. The summed E-state index contributed by atoms with van der Waals surface area (Å²) in [7, 11) is 0. The minimum absolute atomic E-state index is 0.000821. The quantitative estimate of drug-likeness (QED) is 0.868. The molecule has 1 amide bonds. The molecule has 0 aromatic heterocycles. The van der Waals surface area contributed by atoms with Crippen LogP contribution in [0.4, 0.5) is 4.39 Å². The van der Waals surface area contributed by atoms with E-state index in [9.17, 15) is 9.18 Å². The summed E-state index contributed by atoms with van der Waals surface area (Å²) in [5.41, 5.74) is 6.59. The van der Waals surface area contributed by atoms with Crippen LogP contribution >= 0.6 is 0 Å². The zero-order valence-electron chi connectivity index (χ0n) is 12.0. The summed E-state index contributed by atoms with van der Waals surface area (Å²) in [6.45, 7) is 2.80. The number of carbonyl (C=O) groups is 1. The average Bonchev–Trinajstić information content (AvgIpc) is 2.94.